The van der Waals surface area contributed by atoms with E-state index in [1.807, 2.05) is 0 Å². The molecule has 0 aliphatic heterocycles. The molecule has 2 saturated carbocycles. The third kappa shape index (κ3) is 5.81. The van der Waals surface area contributed by atoms with E-state index in [1.54, 1.807) is 0 Å². The second kappa shape index (κ2) is 9.71. The summed E-state index contributed by atoms with van der Waals surface area (Å²) in [6, 6.07) is 2.70. The highest BCUT2D eigenvalue weighted by molar-refractivity contribution is 5.01. The van der Waals surface area contributed by atoms with Gasteiger partial charge in [0.1, 0.15) is 0 Å². The number of hydrogen-bond acceptors (Lipinski definition) is 1. The maximum absolute atomic E-state index is 9.61. The molecular formula is C22H39N. The van der Waals surface area contributed by atoms with Gasteiger partial charge >= 0.3 is 0 Å². The van der Waals surface area contributed by atoms with E-state index in [4.69, 9.17) is 0 Å². The average Bonchev–Trinajstić information content (AvgIpc) is 2.61. The summed E-state index contributed by atoms with van der Waals surface area (Å²) in [4.78, 5) is 0. The lowest BCUT2D eigenvalue weighted by molar-refractivity contribution is 0.171. The molecule has 23 heavy (non-hydrogen) atoms. The van der Waals surface area contributed by atoms with Crippen LogP contribution in [0.25, 0.3) is 0 Å². The Bertz CT molecular complexity index is 351. The largest absolute Gasteiger partial charge is 0.198 e. The molecule has 0 aromatic heterocycles. The van der Waals surface area contributed by atoms with Gasteiger partial charge in [-0.05, 0) is 49.9 Å². The molecule has 132 valence electrons. The van der Waals surface area contributed by atoms with Crippen LogP contribution in [0.4, 0.5) is 0 Å². The number of nitriles is 1. The van der Waals surface area contributed by atoms with E-state index in [-0.39, 0.29) is 5.41 Å². The molecule has 1 heteroatoms. The van der Waals surface area contributed by atoms with E-state index < -0.39 is 0 Å². The van der Waals surface area contributed by atoms with Gasteiger partial charge in [-0.2, -0.15) is 5.26 Å². The number of rotatable bonds is 8. The summed E-state index contributed by atoms with van der Waals surface area (Å²) in [7, 11) is 0. The molecule has 1 nitrogen and oxygen atoms in total. The molecule has 0 heterocycles. The Kier molecular flexibility index (Phi) is 7.94. The molecule has 0 saturated heterocycles. The zero-order chi connectivity index (χ0) is 16.5. The summed E-state index contributed by atoms with van der Waals surface area (Å²) < 4.78 is 0. The molecular weight excluding hydrogens is 278 g/mol. The number of nitrogens with zero attached hydrogens (tertiary/aromatic N) is 1. The van der Waals surface area contributed by atoms with E-state index >= 15 is 0 Å². The SMILES string of the molecule is CCCCC1(C#N)CCC(CCC2CCC(CCC)CC2)CC1. The highest BCUT2D eigenvalue weighted by Crippen LogP contribution is 2.44. The molecule has 0 bridgehead atoms. The van der Waals surface area contributed by atoms with Crippen LogP contribution in [0.15, 0.2) is 0 Å². The van der Waals surface area contributed by atoms with E-state index in [1.165, 1.54) is 89.9 Å². The van der Waals surface area contributed by atoms with Crippen molar-refractivity contribution in [1.29, 1.82) is 5.26 Å². The van der Waals surface area contributed by atoms with Gasteiger partial charge in [-0.3, -0.25) is 0 Å². The third-order valence-electron chi connectivity index (χ3n) is 6.95. The summed E-state index contributed by atoms with van der Waals surface area (Å²) >= 11 is 0. The Morgan fingerprint density at radius 2 is 1.30 bits per heavy atom. The maximum atomic E-state index is 9.61. The molecule has 0 N–H and O–H groups in total. The van der Waals surface area contributed by atoms with Gasteiger partial charge in [0.05, 0.1) is 11.5 Å². The molecule has 2 aliphatic carbocycles. The quantitative estimate of drug-likeness (QED) is 0.462. The van der Waals surface area contributed by atoms with Crippen LogP contribution in [0.1, 0.15) is 110 Å². The Hall–Kier alpha value is -0.510. The minimum atomic E-state index is 0.0464. The Balaban J connectivity index is 1.64. The van der Waals surface area contributed by atoms with Crippen LogP contribution in [0.3, 0.4) is 0 Å². The van der Waals surface area contributed by atoms with Crippen molar-refractivity contribution >= 4 is 0 Å². The van der Waals surface area contributed by atoms with Crippen LogP contribution in [0.2, 0.25) is 0 Å². The van der Waals surface area contributed by atoms with Crippen molar-refractivity contribution < 1.29 is 0 Å². The molecule has 2 rings (SSSR count). The number of hydrogen-bond donors (Lipinski definition) is 0. The van der Waals surface area contributed by atoms with Crippen molar-refractivity contribution in [3.8, 4) is 6.07 Å². The monoisotopic (exact) mass is 317 g/mol. The third-order valence-corrected chi connectivity index (χ3v) is 6.95. The number of unbranched alkanes of at least 4 members (excludes halogenated alkanes) is 1. The summed E-state index contributed by atoms with van der Waals surface area (Å²) in [6.45, 7) is 4.57. The van der Waals surface area contributed by atoms with Crippen LogP contribution in [0, 0.1) is 34.5 Å². The van der Waals surface area contributed by atoms with Gasteiger partial charge in [0.25, 0.3) is 0 Å². The molecule has 0 amide bonds. The first-order chi connectivity index (χ1) is 11.2. The summed E-state index contributed by atoms with van der Waals surface area (Å²) in [5, 5.41) is 9.61. The summed E-state index contributed by atoms with van der Waals surface area (Å²) in [5.74, 6) is 2.98. The lowest BCUT2D eigenvalue weighted by Gasteiger charge is -2.36. The fourth-order valence-corrected chi connectivity index (χ4v) is 5.14. The van der Waals surface area contributed by atoms with Crippen molar-refractivity contribution in [2.45, 2.75) is 110 Å². The van der Waals surface area contributed by atoms with Crippen LogP contribution in [-0.2, 0) is 0 Å². The highest BCUT2D eigenvalue weighted by atomic mass is 14.4. The van der Waals surface area contributed by atoms with Gasteiger partial charge in [0.15, 0.2) is 0 Å². The lowest BCUT2D eigenvalue weighted by atomic mass is 9.67. The van der Waals surface area contributed by atoms with Crippen LogP contribution < -0.4 is 0 Å². The fraction of sp³-hybridized carbons (Fsp3) is 0.955. The van der Waals surface area contributed by atoms with Crippen molar-refractivity contribution in [3.05, 3.63) is 0 Å². The fourth-order valence-electron chi connectivity index (χ4n) is 5.14. The van der Waals surface area contributed by atoms with Gasteiger partial charge in [0.2, 0.25) is 0 Å². The smallest absolute Gasteiger partial charge is 0.0689 e. The van der Waals surface area contributed by atoms with Crippen molar-refractivity contribution in [1.82, 2.24) is 0 Å². The standard InChI is InChI=1S/C22H39N/c1-3-5-15-22(18-23)16-13-21(14-17-22)12-11-20-9-7-19(6-4-2)8-10-20/h19-21H,3-17H2,1-2H3. The van der Waals surface area contributed by atoms with Crippen LogP contribution >= 0.6 is 0 Å². The second-order valence-corrected chi connectivity index (χ2v) is 8.69. The Morgan fingerprint density at radius 3 is 1.78 bits per heavy atom. The Morgan fingerprint density at radius 1 is 0.783 bits per heavy atom. The van der Waals surface area contributed by atoms with Gasteiger partial charge in [-0.15, -0.1) is 0 Å². The van der Waals surface area contributed by atoms with Crippen molar-refractivity contribution in [3.63, 3.8) is 0 Å². The molecule has 0 spiro atoms. The second-order valence-electron chi connectivity index (χ2n) is 8.69. The van der Waals surface area contributed by atoms with Gasteiger partial charge in [0, 0.05) is 0 Å². The first kappa shape index (κ1) is 18.8. The minimum Gasteiger partial charge on any atom is -0.198 e. The van der Waals surface area contributed by atoms with Crippen LogP contribution in [0.5, 0.6) is 0 Å². The van der Waals surface area contributed by atoms with Gasteiger partial charge in [-0.25, -0.2) is 0 Å². The first-order valence-corrected chi connectivity index (χ1v) is 10.6. The van der Waals surface area contributed by atoms with Gasteiger partial charge in [-0.1, -0.05) is 78.1 Å². The molecule has 2 fully saturated rings. The summed E-state index contributed by atoms with van der Waals surface area (Å²) in [5.41, 5.74) is 0.0464. The van der Waals surface area contributed by atoms with E-state index in [9.17, 15) is 5.26 Å². The molecule has 2 aliphatic rings. The van der Waals surface area contributed by atoms with E-state index in [2.05, 4.69) is 19.9 Å². The molecule has 0 aromatic rings. The maximum Gasteiger partial charge on any atom is 0.0689 e. The van der Waals surface area contributed by atoms with Crippen molar-refractivity contribution in [2.24, 2.45) is 23.2 Å². The molecule has 0 radical (unpaired) electrons. The first-order valence-electron chi connectivity index (χ1n) is 10.6. The minimum absolute atomic E-state index is 0.0464. The topological polar surface area (TPSA) is 23.8 Å². The van der Waals surface area contributed by atoms with Crippen LogP contribution in [-0.4, -0.2) is 0 Å². The molecule has 0 atom stereocenters. The van der Waals surface area contributed by atoms with Gasteiger partial charge < -0.3 is 0 Å². The Labute approximate surface area is 145 Å². The molecule has 0 aromatic carbocycles. The predicted octanol–water partition coefficient (Wildman–Crippen LogP) is 7.26. The van der Waals surface area contributed by atoms with E-state index in [0.717, 1.165) is 24.2 Å². The highest BCUT2D eigenvalue weighted by Gasteiger charge is 2.35. The van der Waals surface area contributed by atoms with E-state index in [0.29, 0.717) is 0 Å². The zero-order valence-corrected chi connectivity index (χ0v) is 15.8. The molecule has 0 unspecified atom stereocenters. The lowest BCUT2D eigenvalue weighted by Crippen LogP contribution is -2.26. The van der Waals surface area contributed by atoms with Crippen molar-refractivity contribution in [2.75, 3.05) is 0 Å². The normalized spacial score (nSPS) is 34.9. The predicted molar refractivity (Wildman–Crippen MR) is 99.1 cm³/mol. The zero-order valence-electron chi connectivity index (χ0n) is 15.8. The summed E-state index contributed by atoms with van der Waals surface area (Å²) in [6.07, 6.45) is 20.3. The average molecular weight is 318 g/mol.